The smallest absolute Gasteiger partial charge is 0.361 e. The van der Waals surface area contributed by atoms with Gasteiger partial charge in [-0.3, -0.25) is 43.9 Å². The van der Waals surface area contributed by atoms with E-state index in [2.05, 4.69) is 19.9 Å². The number of pyridine rings is 4. The number of carbonyl (C=O) groups excluding carboxylic acids is 5. The first kappa shape index (κ1) is 93.6. The number of ether oxygens (including phenoxy) is 1. The van der Waals surface area contributed by atoms with E-state index in [1.165, 1.54) is 122 Å². The van der Waals surface area contributed by atoms with Gasteiger partial charge in [0, 0.05) is 114 Å². The third-order valence-corrected chi connectivity index (χ3v) is 29.0. The van der Waals surface area contributed by atoms with Gasteiger partial charge >= 0.3 is 6.18 Å². The second kappa shape index (κ2) is 39.7. The number of aromatic nitrogens is 9. The Bertz CT molecular complexity index is 8460. The Balaban J connectivity index is 0.000000124. The van der Waals surface area contributed by atoms with Gasteiger partial charge in [0.25, 0.3) is 40.1 Å². The highest BCUT2D eigenvalue weighted by molar-refractivity contribution is 7.91. The average molecular weight is 1930 g/mol. The van der Waals surface area contributed by atoms with Gasteiger partial charge < -0.3 is 9.30 Å². The molecule has 136 heavy (non-hydrogen) atoms. The summed E-state index contributed by atoms with van der Waals surface area (Å²) in [7, 11) is -16.2. The summed E-state index contributed by atoms with van der Waals surface area (Å²) in [5.74, 6) is -2.64. The molecule has 0 aliphatic carbocycles. The molecule has 23 nitrogen and oxygen atoms in total. The molecule has 20 rings (SSSR count). The van der Waals surface area contributed by atoms with Gasteiger partial charge in [-0.1, -0.05) is 169 Å². The van der Waals surface area contributed by atoms with E-state index in [0.29, 0.717) is 101 Å². The SMILES string of the molecule is CCOCn1c(C(=O)c2ccncc2)cc2ccccc21.O=C(c1ccc(F)cc1)c1cc2ccccc2n1S(=O)(=O)c1ccccc1.O=C(c1ccnc(C(F)(F)F)c1)c1cc2ccccc2n1S(=O)(=O)c1ccc(Cl)cc1.O=C(c1ccnc2ccccc12)c1cc2ccccc2n1S(=O)(=O)c1ccccc1.O=C(c1ccncc1)c1cc2ccccc2n1S(=O)(=O)c1ccc(Cl)cc1. The predicted molar refractivity (Wildman–Crippen MR) is 510 cm³/mol. The fraction of sp³-hybridized carbons (Fsp3) is 0.0388. The standard InChI is InChI=1S/C24H16N2O3S.C21H12ClF3N2O3S.C21H14FNO3S.C20H13ClN2O3S.C17H16N2O2/c27-24(20-14-15-25-21-12-6-5-11-19(20)21)23-16-17-8-4-7-13-22(17)26(23)30(28,29)18-9-2-1-3-10-18;22-15-5-7-16(8-6-15)31(29,30)27-17-4-2-1-3-13(17)11-18(27)20(28)14-9-10-26-19(12-14)21(23,24)25;22-17-12-10-15(11-13-17)21(24)20-14-16-6-4-5-9-19(16)23(20)27(25,26)18-7-2-1-3-8-18;21-16-5-7-17(8-6-16)27(25,26)23-18-4-2-1-3-15(18)13-19(23)20(24)14-9-11-22-12-10-14;1-2-21-12-19-15-6-4-3-5-14(15)11-16(19)17(20)13-7-9-18-10-8-13/h1-16H;1-12H;1-14H;1-13H;3-11H,2,12H2,1H3. The molecule has 0 unspecified atom stereocenters. The molecule has 11 aromatic carbocycles. The number of fused-ring (bicyclic) bond motifs is 6. The van der Waals surface area contributed by atoms with E-state index in [9.17, 15) is 75.2 Å². The third kappa shape index (κ3) is 19.3. The molecule has 9 heterocycles. The molecule has 33 heteroatoms. The number of carbonyl (C=O) groups is 5. The highest BCUT2D eigenvalue weighted by Gasteiger charge is 2.36. The number of nitrogens with zero attached hydrogens (tertiary/aromatic N) is 9. The molecule has 20 aromatic rings. The van der Waals surface area contributed by atoms with Crippen LogP contribution in [0.15, 0.2) is 409 Å². The molecule has 0 radical (unpaired) electrons. The second-order valence-electron chi connectivity index (χ2n) is 30.0. The van der Waals surface area contributed by atoms with Gasteiger partial charge in [0.2, 0.25) is 28.9 Å². The first-order chi connectivity index (χ1) is 65.4. The summed E-state index contributed by atoms with van der Waals surface area (Å²) in [6.45, 7) is 2.92. The van der Waals surface area contributed by atoms with Crippen molar-refractivity contribution in [2.24, 2.45) is 0 Å². The maximum absolute atomic E-state index is 13.6. The molecular formula is C103H71Cl2F4N9O14S4. The van der Waals surface area contributed by atoms with Crippen molar-refractivity contribution in [3.8, 4) is 0 Å². The summed E-state index contributed by atoms with van der Waals surface area (Å²) in [6, 6.07) is 92.7. The normalized spacial score (nSPS) is 11.7. The number of ketones is 5. The van der Waals surface area contributed by atoms with Crippen LogP contribution in [0.4, 0.5) is 17.6 Å². The van der Waals surface area contributed by atoms with E-state index in [4.69, 9.17) is 27.9 Å². The number of para-hydroxylation sites is 6. The lowest BCUT2D eigenvalue weighted by Crippen LogP contribution is -2.19. The van der Waals surface area contributed by atoms with Gasteiger partial charge in [0.15, 0.2) is 0 Å². The maximum Gasteiger partial charge on any atom is 0.433 e. The van der Waals surface area contributed by atoms with Crippen LogP contribution < -0.4 is 0 Å². The molecule has 0 atom stereocenters. The molecule has 0 amide bonds. The summed E-state index contributed by atoms with van der Waals surface area (Å²) in [4.78, 5) is 81.0. The molecule has 678 valence electrons. The number of rotatable bonds is 21. The minimum absolute atomic E-state index is 0.00617. The highest BCUT2D eigenvalue weighted by atomic mass is 35.5. The Morgan fingerprint density at radius 1 is 0.324 bits per heavy atom. The lowest BCUT2D eigenvalue weighted by molar-refractivity contribution is -0.141. The first-order valence-corrected chi connectivity index (χ1v) is 47.8. The quantitative estimate of drug-likeness (QED) is 0.0476. The van der Waals surface area contributed by atoms with E-state index < -0.39 is 75.1 Å². The summed E-state index contributed by atoms with van der Waals surface area (Å²) < 4.78 is 171. The molecule has 0 spiro atoms. The lowest BCUT2D eigenvalue weighted by atomic mass is 10.0. The van der Waals surface area contributed by atoms with Gasteiger partial charge in [-0.05, 0) is 213 Å². The number of benzene rings is 11. The van der Waals surface area contributed by atoms with Crippen LogP contribution in [0.1, 0.15) is 92.9 Å². The predicted octanol–water partition coefficient (Wildman–Crippen LogP) is 21.5. The van der Waals surface area contributed by atoms with Gasteiger partial charge in [-0.25, -0.2) is 54.0 Å². The van der Waals surface area contributed by atoms with E-state index in [0.717, 1.165) is 39.1 Å². The molecule has 0 aliphatic heterocycles. The Kier molecular flexibility index (Phi) is 27.3. The van der Waals surface area contributed by atoms with Crippen LogP contribution in [0.25, 0.3) is 65.4 Å². The lowest BCUT2D eigenvalue weighted by Gasteiger charge is -2.12. The number of alkyl halides is 3. The molecule has 0 bridgehead atoms. The average Bonchev–Trinajstić information content (AvgIpc) is 1.59. The van der Waals surface area contributed by atoms with E-state index in [-0.39, 0.29) is 70.6 Å². The fourth-order valence-corrected chi connectivity index (χ4v) is 21.4. The highest BCUT2D eigenvalue weighted by Crippen LogP contribution is 2.36. The van der Waals surface area contributed by atoms with Crippen molar-refractivity contribution in [1.82, 2.24) is 40.4 Å². The largest absolute Gasteiger partial charge is 0.433 e. The molecule has 0 N–H and O–H groups in total. The fourth-order valence-electron chi connectivity index (χ4n) is 15.1. The molecular weight excluding hydrogens is 1860 g/mol. The van der Waals surface area contributed by atoms with Gasteiger partial charge in [0.1, 0.15) is 41.0 Å². The molecule has 0 aliphatic rings. The second-order valence-corrected chi connectivity index (χ2v) is 38.1. The first-order valence-electron chi connectivity index (χ1n) is 41.3. The van der Waals surface area contributed by atoms with Crippen molar-refractivity contribution in [2.45, 2.75) is 39.4 Å². The zero-order chi connectivity index (χ0) is 95.8. The van der Waals surface area contributed by atoms with Crippen molar-refractivity contribution in [2.75, 3.05) is 6.61 Å². The summed E-state index contributed by atoms with van der Waals surface area (Å²) in [6.07, 6.45) is 3.91. The van der Waals surface area contributed by atoms with Crippen LogP contribution in [0.3, 0.4) is 0 Å². The Hall–Kier alpha value is -15.6. The van der Waals surface area contributed by atoms with Crippen LogP contribution in [0, 0.1) is 5.82 Å². The van der Waals surface area contributed by atoms with Gasteiger partial charge in [-0.2, -0.15) is 13.2 Å². The monoisotopic (exact) mass is 1930 g/mol. The van der Waals surface area contributed by atoms with Crippen LogP contribution >= 0.6 is 23.2 Å². The summed E-state index contributed by atoms with van der Waals surface area (Å²) >= 11 is 11.7. The third-order valence-electron chi connectivity index (χ3n) is 21.5. The van der Waals surface area contributed by atoms with Crippen molar-refractivity contribution in [3.63, 3.8) is 0 Å². The number of hydrogen-bond acceptors (Lipinski definition) is 18. The van der Waals surface area contributed by atoms with Gasteiger partial charge in [0.05, 0.1) is 58.4 Å². The Labute approximate surface area is 785 Å². The minimum atomic E-state index is -4.75. The molecule has 0 saturated heterocycles. The maximum atomic E-state index is 13.6. The van der Waals surface area contributed by atoms with Crippen molar-refractivity contribution in [1.29, 1.82) is 0 Å². The van der Waals surface area contributed by atoms with E-state index >= 15 is 0 Å². The number of hydrogen-bond donors (Lipinski definition) is 0. The Morgan fingerprint density at radius 3 is 1.04 bits per heavy atom. The van der Waals surface area contributed by atoms with E-state index in [1.54, 1.807) is 188 Å². The summed E-state index contributed by atoms with van der Waals surface area (Å²) in [5, 5.41) is 4.87. The van der Waals surface area contributed by atoms with Gasteiger partial charge in [-0.15, -0.1) is 0 Å². The van der Waals surface area contributed by atoms with E-state index in [1.807, 2.05) is 72.2 Å². The van der Waals surface area contributed by atoms with Crippen LogP contribution in [-0.4, -0.2) is 110 Å². The molecule has 9 aromatic heterocycles. The zero-order valence-corrected chi connectivity index (χ0v) is 75.8. The minimum Gasteiger partial charge on any atom is -0.361 e. The number of halogens is 6. The van der Waals surface area contributed by atoms with Crippen LogP contribution in [0.5, 0.6) is 0 Å². The zero-order valence-electron chi connectivity index (χ0n) is 71.0. The van der Waals surface area contributed by atoms with Crippen molar-refractivity contribution < 1.29 is 79.9 Å². The summed E-state index contributed by atoms with van der Waals surface area (Å²) in [5.41, 5.74) is 3.74. The Morgan fingerprint density at radius 2 is 0.640 bits per heavy atom. The van der Waals surface area contributed by atoms with Crippen LogP contribution in [0.2, 0.25) is 10.0 Å². The molecule has 0 fully saturated rings. The van der Waals surface area contributed by atoms with Crippen molar-refractivity contribution in [3.05, 3.63) is 467 Å². The van der Waals surface area contributed by atoms with Crippen LogP contribution in [-0.2, 0) is 57.7 Å². The topological polar surface area (TPSA) is 307 Å². The van der Waals surface area contributed by atoms with Crippen molar-refractivity contribution >= 4 is 158 Å². The molecule has 0 saturated carbocycles.